The fourth-order valence-electron chi connectivity index (χ4n) is 2.70. The van der Waals surface area contributed by atoms with Gasteiger partial charge in [0.05, 0.1) is 12.2 Å². The highest BCUT2D eigenvalue weighted by Gasteiger charge is 2.08. The molecule has 5 heteroatoms. The van der Waals surface area contributed by atoms with Crippen LogP contribution in [0.15, 0.2) is 35.3 Å². The minimum absolute atomic E-state index is 0.459. The van der Waals surface area contributed by atoms with Crippen LogP contribution in [-0.2, 0) is 13.1 Å². The molecule has 0 saturated carbocycles. The number of aromatic nitrogens is 2. The van der Waals surface area contributed by atoms with Crippen LogP contribution in [0.3, 0.4) is 0 Å². The maximum atomic E-state index is 4.69. The van der Waals surface area contributed by atoms with E-state index in [9.17, 15) is 0 Å². The first kappa shape index (κ1) is 19.0. The molecule has 1 unspecified atom stereocenters. The van der Waals surface area contributed by atoms with Crippen molar-refractivity contribution in [2.45, 2.75) is 47.7 Å². The van der Waals surface area contributed by atoms with Gasteiger partial charge in [0, 0.05) is 25.3 Å². The van der Waals surface area contributed by atoms with Crippen LogP contribution in [0.25, 0.3) is 0 Å². The van der Waals surface area contributed by atoms with Crippen molar-refractivity contribution in [1.29, 1.82) is 0 Å². The lowest BCUT2D eigenvalue weighted by Crippen LogP contribution is -2.40. The summed E-state index contributed by atoms with van der Waals surface area (Å²) in [5, 5.41) is 11.3. The minimum Gasteiger partial charge on any atom is -0.357 e. The second kappa shape index (κ2) is 9.25. The fraction of sp³-hybridized carbons (Fsp3) is 0.500. The lowest BCUT2D eigenvalue weighted by Gasteiger charge is -2.16. The molecule has 136 valence electrons. The van der Waals surface area contributed by atoms with Crippen LogP contribution < -0.4 is 10.6 Å². The van der Waals surface area contributed by atoms with Gasteiger partial charge < -0.3 is 10.6 Å². The van der Waals surface area contributed by atoms with E-state index < -0.39 is 0 Å². The van der Waals surface area contributed by atoms with Gasteiger partial charge in [0.2, 0.25) is 0 Å². The summed E-state index contributed by atoms with van der Waals surface area (Å²) in [7, 11) is 0. The van der Waals surface area contributed by atoms with E-state index >= 15 is 0 Å². The van der Waals surface area contributed by atoms with Crippen LogP contribution in [0.1, 0.15) is 36.4 Å². The Labute approximate surface area is 151 Å². The van der Waals surface area contributed by atoms with Gasteiger partial charge in [0.25, 0.3) is 0 Å². The largest absolute Gasteiger partial charge is 0.357 e. The summed E-state index contributed by atoms with van der Waals surface area (Å²) in [6.07, 6.45) is 0. The van der Waals surface area contributed by atoms with E-state index in [0.29, 0.717) is 12.5 Å². The van der Waals surface area contributed by atoms with Crippen LogP contribution >= 0.6 is 0 Å². The third-order valence-corrected chi connectivity index (χ3v) is 4.09. The summed E-state index contributed by atoms with van der Waals surface area (Å²) in [4.78, 5) is 4.69. The number of hydrogen-bond donors (Lipinski definition) is 2. The highest BCUT2D eigenvalue weighted by atomic mass is 15.3. The van der Waals surface area contributed by atoms with Crippen LogP contribution in [0.5, 0.6) is 0 Å². The van der Waals surface area contributed by atoms with Crippen LogP contribution in [0.2, 0.25) is 0 Å². The smallest absolute Gasteiger partial charge is 0.191 e. The lowest BCUT2D eigenvalue weighted by atomic mass is 10.1. The maximum Gasteiger partial charge on any atom is 0.191 e. The Morgan fingerprint density at radius 3 is 2.48 bits per heavy atom. The van der Waals surface area contributed by atoms with Gasteiger partial charge in [-0.2, -0.15) is 5.10 Å². The first-order chi connectivity index (χ1) is 12.0. The summed E-state index contributed by atoms with van der Waals surface area (Å²) < 4.78 is 2.08. The Bertz CT molecular complexity index is 685. The molecule has 0 radical (unpaired) electrons. The molecular formula is C20H31N5. The number of benzene rings is 1. The van der Waals surface area contributed by atoms with Crippen molar-refractivity contribution in [1.82, 2.24) is 20.4 Å². The third kappa shape index (κ3) is 6.25. The average molecular weight is 342 g/mol. The van der Waals surface area contributed by atoms with Gasteiger partial charge in [-0.15, -0.1) is 0 Å². The van der Waals surface area contributed by atoms with Crippen molar-refractivity contribution >= 4 is 5.96 Å². The molecule has 0 amide bonds. The summed E-state index contributed by atoms with van der Waals surface area (Å²) in [6.45, 7) is 13.9. The molecule has 2 rings (SSSR count). The highest BCUT2D eigenvalue weighted by molar-refractivity contribution is 5.79. The molecule has 25 heavy (non-hydrogen) atoms. The molecule has 0 bridgehead atoms. The van der Waals surface area contributed by atoms with Gasteiger partial charge in [-0.25, -0.2) is 4.99 Å². The molecule has 5 nitrogen and oxygen atoms in total. The molecule has 2 aromatic rings. The predicted molar refractivity (Wildman–Crippen MR) is 105 cm³/mol. The zero-order valence-electron chi connectivity index (χ0n) is 16.1. The topological polar surface area (TPSA) is 54.2 Å². The molecule has 0 saturated heterocycles. The van der Waals surface area contributed by atoms with Gasteiger partial charge in [-0.05, 0) is 45.2 Å². The Balaban J connectivity index is 1.88. The average Bonchev–Trinajstić information content (AvgIpc) is 2.89. The van der Waals surface area contributed by atoms with Gasteiger partial charge in [0.15, 0.2) is 5.96 Å². The number of hydrogen-bond acceptors (Lipinski definition) is 2. The monoisotopic (exact) mass is 341 g/mol. The molecule has 1 heterocycles. The van der Waals surface area contributed by atoms with Gasteiger partial charge in [-0.1, -0.05) is 36.8 Å². The van der Waals surface area contributed by atoms with Crippen LogP contribution in [0.4, 0.5) is 0 Å². The third-order valence-electron chi connectivity index (χ3n) is 4.09. The van der Waals surface area contributed by atoms with E-state index in [1.807, 2.05) is 6.92 Å². The quantitative estimate of drug-likeness (QED) is 0.601. The second-order valence-electron chi connectivity index (χ2n) is 6.78. The van der Waals surface area contributed by atoms with Gasteiger partial charge >= 0.3 is 0 Å². The Kier molecular flexibility index (Phi) is 7.04. The molecule has 0 aliphatic carbocycles. The molecular weight excluding hydrogens is 310 g/mol. The van der Waals surface area contributed by atoms with E-state index in [0.717, 1.165) is 31.3 Å². The molecule has 0 spiro atoms. The maximum absolute atomic E-state index is 4.69. The van der Waals surface area contributed by atoms with Gasteiger partial charge in [-0.3, -0.25) is 4.68 Å². The summed E-state index contributed by atoms with van der Waals surface area (Å²) >= 11 is 0. The van der Waals surface area contributed by atoms with E-state index in [1.54, 1.807) is 0 Å². The van der Waals surface area contributed by atoms with Gasteiger partial charge in [0.1, 0.15) is 0 Å². The minimum atomic E-state index is 0.459. The molecule has 1 aromatic heterocycles. The van der Waals surface area contributed by atoms with Crippen molar-refractivity contribution < 1.29 is 0 Å². The summed E-state index contributed by atoms with van der Waals surface area (Å²) in [5.74, 6) is 1.32. The SMILES string of the molecule is CCNC(=NCc1ccc(C)cc1)NCC(C)Cn1nc(C)cc1C. The Morgan fingerprint density at radius 2 is 1.88 bits per heavy atom. The van der Waals surface area contributed by atoms with E-state index in [1.165, 1.54) is 16.8 Å². The normalized spacial score (nSPS) is 12.9. The number of aryl methyl sites for hydroxylation is 3. The summed E-state index contributed by atoms with van der Waals surface area (Å²) in [6, 6.07) is 10.6. The highest BCUT2D eigenvalue weighted by Crippen LogP contribution is 2.06. The van der Waals surface area contributed by atoms with Crippen molar-refractivity contribution in [3.05, 3.63) is 52.8 Å². The predicted octanol–water partition coefficient (Wildman–Crippen LogP) is 3.20. The van der Waals surface area contributed by atoms with E-state index in [-0.39, 0.29) is 0 Å². The Morgan fingerprint density at radius 1 is 1.16 bits per heavy atom. The first-order valence-electron chi connectivity index (χ1n) is 9.06. The second-order valence-corrected chi connectivity index (χ2v) is 6.78. The van der Waals surface area contributed by atoms with E-state index in [4.69, 9.17) is 0 Å². The number of guanidine groups is 1. The first-order valence-corrected chi connectivity index (χ1v) is 9.06. The number of rotatable bonds is 7. The lowest BCUT2D eigenvalue weighted by molar-refractivity contribution is 0.436. The number of nitrogens with zero attached hydrogens (tertiary/aromatic N) is 3. The molecule has 0 fully saturated rings. The number of nitrogens with one attached hydrogen (secondary N) is 2. The van der Waals surface area contributed by atoms with Crippen molar-refractivity contribution in [3.63, 3.8) is 0 Å². The molecule has 0 aliphatic rings. The molecule has 1 atom stereocenters. The summed E-state index contributed by atoms with van der Waals surface area (Å²) in [5.41, 5.74) is 4.78. The molecule has 2 N–H and O–H groups in total. The molecule has 1 aromatic carbocycles. The molecule has 0 aliphatic heterocycles. The van der Waals surface area contributed by atoms with Crippen molar-refractivity contribution in [2.75, 3.05) is 13.1 Å². The standard InChI is InChI=1S/C20H31N5/c1-6-21-20(23-13-19-9-7-15(2)8-10-19)22-12-16(3)14-25-18(5)11-17(4)24-25/h7-11,16H,6,12-14H2,1-5H3,(H2,21,22,23). The van der Waals surface area contributed by atoms with Crippen LogP contribution in [-0.4, -0.2) is 28.8 Å². The van der Waals surface area contributed by atoms with Crippen molar-refractivity contribution in [3.8, 4) is 0 Å². The Hall–Kier alpha value is -2.30. The zero-order valence-corrected chi connectivity index (χ0v) is 16.1. The zero-order chi connectivity index (χ0) is 18.2. The van der Waals surface area contributed by atoms with E-state index in [2.05, 4.69) is 83.4 Å². The number of aliphatic imine (C=N–C) groups is 1. The van der Waals surface area contributed by atoms with Crippen molar-refractivity contribution in [2.24, 2.45) is 10.9 Å². The van der Waals surface area contributed by atoms with Crippen LogP contribution in [0, 0.1) is 26.7 Å². The fourth-order valence-corrected chi connectivity index (χ4v) is 2.70.